The first-order chi connectivity index (χ1) is 10.5. The van der Waals surface area contributed by atoms with Crippen molar-refractivity contribution in [3.8, 4) is 11.5 Å². The third-order valence-electron chi connectivity index (χ3n) is 4.19. The van der Waals surface area contributed by atoms with E-state index in [1.54, 1.807) is 14.2 Å². The predicted octanol–water partition coefficient (Wildman–Crippen LogP) is 3.02. The molecule has 5 nitrogen and oxygen atoms in total. The third kappa shape index (κ3) is 5.26. The molecule has 0 aliphatic heterocycles. The summed E-state index contributed by atoms with van der Waals surface area (Å²) < 4.78 is 11.4. The molecule has 1 aromatic carbocycles. The van der Waals surface area contributed by atoms with E-state index < -0.39 is 0 Å². The van der Waals surface area contributed by atoms with Crippen molar-refractivity contribution in [1.82, 2.24) is 5.32 Å². The molecule has 130 valence electrons. The van der Waals surface area contributed by atoms with Gasteiger partial charge in [0.15, 0.2) is 11.5 Å². The number of rotatable bonds is 6. The second kappa shape index (κ2) is 9.35. The van der Waals surface area contributed by atoms with Crippen molar-refractivity contribution in [2.45, 2.75) is 38.3 Å². The van der Waals surface area contributed by atoms with Crippen LogP contribution >= 0.6 is 28.3 Å². The minimum atomic E-state index is 0. The van der Waals surface area contributed by atoms with Crippen LogP contribution in [0.5, 0.6) is 11.5 Å². The van der Waals surface area contributed by atoms with Gasteiger partial charge in [0, 0.05) is 23.5 Å². The average molecular weight is 408 g/mol. The lowest BCUT2D eigenvalue weighted by Gasteiger charge is -2.16. The molecule has 1 aliphatic carbocycles. The maximum Gasteiger partial charge on any atom is 0.220 e. The molecule has 1 saturated carbocycles. The highest BCUT2D eigenvalue weighted by Crippen LogP contribution is 2.33. The summed E-state index contributed by atoms with van der Waals surface area (Å²) >= 11 is 3.49. The molecule has 3 N–H and O–H groups in total. The molecular weight excluding hydrogens is 384 g/mol. The largest absolute Gasteiger partial charge is 0.493 e. The number of nitrogens with one attached hydrogen (secondary N) is 1. The Morgan fingerprint density at radius 2 is 1.96 bits per heavy atom. The highest BCUT2D eigenvalue weighted by Gasteiger charge is 2.25. The summed E-state index contributed by atoms with van der Waals surface area (Å²) in [6.07, 6.45) is 3.71. The summed E-state index contributed by atoms with van der Waals surface area (Å²) in [5.74, 6) is 1.66. The van der Waals surface area contributed by atoms with E-state index >= 15 is 0 Å². The van der Waals surface area contributed by atoms with Crippen LogP contribution in [-0.2, 0) is 11.3 Å². The van der Waals surface area contributed by atoms with Crippen LogP contribution < -0.4 is 20.5 Å². The Morgan fingerprint density at radius 1 is 1.30 bits per heavy atom. The van der Waals surface area contributed by atoms with Crippen molar-refractivity contribution in [3.05, 3.63) is 22.2 Å². The van der Waals surface area contributed by atoms with Gasteiger partial charge in [-0.25, -0.2) is 0 Å². The van der Waals surface area contributed by atoms with Crippen molar-refractivity contribution < 1.29 is 14.3 Å². The number of methoxy groups -OCH3 is 2. The molecule has 0 heterocycles. The van der Waals surface area contributed by atoms with Crippen LogP contribution in [0.3, 0.4) is 0 Å². The number of nitrogens with two attached hydrogens (primary N) is 1. The minimum Gasteiger partial charge on any atom is -0.493 e. The number of halogens is 2. The molecule has 1 fully saturated rings. The lowest BCUT2D eigenvalue weighted by molar-refractivity contribution is -0.122. The molecule has 2 atom stereocenters. The van der Waals surface area contributed by atoms with Gasteiger partial charge in [-0.05, 0) is 36.5 Å². The molecule has 0 radical (unpaired) electrons. The third-order valence-corrected chi connectivity index (χ3v) is 4.93. The van der Waals surface area contributed by atoms with E-state index in [1.807, 2.05) is 12.1 Å². The van der Waals surface area contributed by atoms with Crippen LogP contribution in [0.25, 0.3) is 0 Å². The van der Waals surface area contributed by atoms with Crippen LogP contribution in [0.2, 0.25) is 0 Å². The SMILES string of the molecule is COc1cc(Br)c(CNC(=O)C[C@@H]2CCC[C@H]2N)cc1OC.Cl. The Bertz CT molecular complexity index is 542. The van der Waals surface area contributed by atoms with Crippen LogP contribution in [0, 0.1) is 5.92 Å². The number of hydrogen-bond donors (Lipinski definition) is 2. The van der Waals surface area contributed by atoms with Gasteiger partial charge in [0.05, 0.1) is 14.2 Å². The summed E-state index contributed by atoms with van der Waals surface area (Å²) in [6, 6.07) is 3.87. The Kier molecular flexibility index (Phi) is 8.16. The summed E-state index contributed by atoms with van der Waals surface area (Å²) in [7, 11) is 3.19. The van der Waals surface area contributed by atoms with Gasteiger partial charge >= 0.3 is 0 Å². The smallest absolute Gasteiger partial charge is 0.220 e. The molecule has 0 saturated heterocycles. The Balaban J connectivity index is 0.00000264. The minimum absolute atomic E-state index is 0. The maximum absolute atomic E-state index is 12.1. The first-order valence-corrected chi connectivity index (χ1v) is 8.27. The zero-order valence-corrected chi connectivity index (χ0v) is 15.8. The topological polar surface area (TPSA) is 73.6 Å². The molecule has 0 unspecified atom stereocenters. The van der Waals surface area contributed by atoms with Gasteiger partial charge in [0.25, 0.3) is 0 Å². The average Bonchev–Trinajstić information content (AvgIpc) is 2.90. The Hall–Kier alpha value is -0.980. The zero-order chi connectivity index (χ0) is 16.1. The van der Waals surface area contributed by atoms with Gasteiger partial charge in [-0.3, -0.25) is 4.79 Å². The van der Waals surface area contributed by atoms with Crippen LogP contribution in [0.15, 0.2) is 16.6 Å². The first kappa shape index (κ1) is 20.1. The summed E-state index contributed by atoms with van der Waals surface area (Å²) in [6.45, 7) is 0.446. The lowest BCUT2D eigenvalue weighted by atomic mass is 10.00. The van der Waals surface area contributed by atoms with Crippen molar-refractivity contribution in [2.24, 2.45) is 11.7 Å². The monoisotopic (exact) mass is 406 g/mol. The van der Waals surface area contributed by atoms with Gasteiger partial charge in [-0.1, -0.05) is 22.4 Å². The number of carbonyl (C=O) groups excluding carboxylic acids is 1. The van der Waals surface area contributed by atoms with Gasteiger partial charge < -0.3 is 20.5 Å². The Morgan fingerprint density at radius 3 is 2.52 bits per heavy atom. The molecular formula is C16H24BrClN2O3. The number of amides is 1. The molecule has 2 rings (SSSR count). The quantitative estimate of drug-likeness (QED) is 0.760. The fraction of sp³-hybridized carbons (Fsp3) is 0.562. The predicted molar refractivity (Wildman–Crippen MR) is 96.3 cm³/mol. The van der Waals surface area contributed by atoms with E-state index in [4.69, 9.17) is 15.2 Å². The maximum atomic E-state index is 12.1. The number of ether oxygens (including phenoxy) is 2. The molecule has 0 aromatic heterocycles. The second-order valence-corrected chi connectivity index (χ2v) is 6.49. The fourth-order valence-corrected chi connectivity index (χ4v) is 3.32. The second-order valence-electron chi connectivity index (χ2n) is 5.63. The van der Waals surface area contributed by atoms with Gasteiger partial charge in [0.2, 0.25) is 5.91 Å². The van der Waals surface area contributed by atoms with Crippen molar-refractivity contribution in [1.29, 1.82) is 0 Å². The molecule has 1 aromatic rings. The van der Waals surface area contributed by atoms with Gasteiger partial charge in [0.1, 0.15) is 0 Å². The normalized spacial score (nSPS) is 19.8. The molecule has 0 spiro atoms. The Labute approximate surface area is 151 Å². The van der Waals surface area contributed by atoms with E-state index in [2.05, 4.69) is 21.2 Å². The fourth-order valence-electron chi connectivity index (χ4n) is 2.85. The van der Waals surface area contributed by atoms with E-state index in [0.717, 1.165) is 29.3 Å². The van der Waals surface area contributed by atoms with E-state index in [1.165, 1.54) is 0 Å². The number of hydrogen-bond acceptors (Lipinski definition) is 4. The highest BCUT2D eigenvalue weighted by atomic mass is 79.9. The van der Waals surface area contributed by atoms with E-state index in [9.17, 15) is 4.79 Å². The van der Waals surface area contributed by atoms with Crippen molar-refractivity contribution in [3.63, 3.8) is 0 Å². The summed E-state index contributed by atoms with van der Waals surface area (Å²) in [4.78, 5) is 12.1. The molecule has 23 heavy (non-hydrogen) atoms. The van der Waals surface area contributed by atoms with Gasteiger partial charge in [-0.2, -0.15) is 0 Å². The van der Waals surface area contributed by atoms with Crippen molar-refractivity contribution >= 4 is 34.2 Å². The van der Waals surface area contributed by atoms with Gasteiger partial charge in [-0.15, -0.1) is 12.4 Å². The molecule has 1 amide bonds. The summed E-state index contributed by atoms with van der Waals surface area (Å²) in [5, 5.41) is 2.96. The first-order valence-electron chi connectivity index (χ1n) is 7.47. The van der Waals surface area contributed by atoms with Crippen LogP contribution in [-0.4, -0.2) is 26.2 Å². The standard InChI is InChI=1S/C16H23BrN2O3.ClH/c1-21-14-6-11(12(17)8-15(14)22-2)9-19-16(20)7-10-4-3-5-13(10)18;/h6,8,10,13H,3-5,7,9,18H2,1-2H3,(H,19,20);1H/t10-,13+;/m0./s1. The number of carbonyl (C=O) groups is 1. The lowest BCUT2D eigenvalue weighted by Crippen LogP contribution is -2.31. The molecule has 0 bridgehead atoms. The zero-order valence-electron chi connectivity index (χ0n) is 13.4. The van der Waals surface area contributed by atoms with Crippen LogP contribution in [0.4, 0.5) is 0 Å². The molecule has 7 heteroatoms. The summed E-state index contributed by atoms with van der Waals surface area (Å²) in [5.41, 5.74) is 6.96. The number of benzene rings is 1. The van der Waals surface area contributed by atoms with E-state index in [-0.39, 0.29) is 24.4 Å². The van der Waals surface area contributed by atoms with Crippen LogP contribution in [0.1, 0.15) is 31.2 Å². The highest BCUT2D eigenvalue weighted by molar-refractivity contribution is 9.10. The van der Waals surface area contributed by atoms with E-state index in [0.29, 0.717) is 30.4 Å². The van der Waals surface area contributed by atoms with Crippen molar-refractivity contribution in [2.75, 3.05) is 14.2 Å². The molecule has 1 aliphatic rings.